The van der Waals surface area contributed by atoms with Gasteiger partial charge in [0, 0.05) is 41.5 Å². The van der Waals surface area contributed by atoms with Crippen molar-refractivity contribution >= 4 is 27.4 Å². The molecule has 0 aliphatic rings. The first-order valence-electron chi connectivity index (χ1n) is 6.68. The average Bonchev–Trinajstić information content (AvgIpc) is 2.97. The molecule has 0 unspecified atom stereocenters. The van der Waals surface area contributed by atoms with Gasteiger partial charge in [0.25, 0.3) is 5.69 Å². The normalized spacial score (nSPS) is 11.1. The Balaban J connectivity index is 1.93. The second-order valence-corrected chi connectivity index (χ2v) is 4.95. The molecular weight excluding hydrogens is 280 g/mol. The summed E-state index contributed by atoms with van der Waals surface area (Å²) in [5.74, 6) is 0.705. The molecule has 0 N–H and O–H groups in total. The third-order valence-electron chi connectivity index (χ3n) is 3.64. The summed E-state index contributed by atoms with van der Waals surface area (Å²) in [6.45, 7) is 0. The number of nitro groups is 1. The zero-order valence-electron chi connectivity index (χ0n) is 11.4. The van der Waals surface area contributed by atoms with E-state index in [0.29, 0.717) is 5.82 Å². The Hall–Kier alpha value is -3.28. The smallest absolute Gasteiger partial charge is 0.270 e. The maximum Gasteiger partial charge on any atom is 0.270 e. The largest absolute Gasteiger partial charge is 0.300 e. The van der Waals surface area contributed by atoms with Crippen molar-refractivity contribution in [2.24, 2.45) is 0 Å². The number of non-ortho nitro benzene ring substituents is 1. The Morgan fingerprint density at radius 3 is 2.77 bits per heavy atom. The molecule has 1 aromatic carbocycles. The molecule has 0 saturated carbocycles. The van der Waals surface area contributed by atoms with Crippen LogP contribution in [-0.4, -0.2) is 19.5 Å². The summed E-state index contributed by atoms with van der Waals surface area (Å²) in [5.41, 5.74) is 1.02. The summed E-state index contributed by atoms with van der Waals surface area (Å²) < 4.78 is 1.92. The van der Waals surface area contributed by atoms with Gasteiger partial charge in [0.1, 0.15) is 5.82 Å². The molecule has 0 aliphatic carbocycles. The van der Waals surface area contributed by atoms with Crippen LogP contribution in [0.4, 0.5) is 5.69 Å². The quantitative estimate of drug-likeness (QED) is 0.418. The topological polar surface area (TPSA) is 73.8 Å². The molecule has 0 aliphatic heterocycles. The Labute approximate surface area is 124 Å². The molecule has 3 aromatic heterocycles. The van der Waals surface area contributed by atoms with E-state index in [1.807, 2.05) is 29.0 Å². The standard InChI is InChI=1S/C16H10N4O2/c21-20(22)14-2-1-12-9-18-16(8-13(12)7-14)19-6-4-11-3-5-17-10-15(11)19/h1-10H. The van der Waals surface area contributed by atoms with Gasteiger partial charge in [0.2, 0.25) is 0 Å². The summed E-state index contributed by atoms with van der Waals surface area (Å²) in [5, 5.41) is 13.6. The highest BCUT2D eigenvalue weighted by Gasteiger charge is 2.09. The molecule has 4 rings (SSSR count). The number of hydrogen-bond acceptors (Lipinski definition) is 4. The first-order valence-corrected chi connectivity index (χ1v) is 6.68. The van der Waals surface area contributed by atoms with Crippen LogP contribution >= 0.6 is 0 Å². The maximum atomic E-state index is 10.9. The second-order valence-electron chi connectivity index (χ2n) is 4.95. The van der Waals surface area contributed by atoms with Gasteiger partial charge >= 0.3 is 0 Å². The predicted octanol–water partition coefficient (Wildman–Crippen LogP) is 3.48. The fourth-order valence-corrected chi connectivity index (χ4v) is 2.54. The summed E-state index contributed by atoms with van der Waals surface area (Å²) in [4.78, 5) is 19.1. The highest BCUT2D eigenvalue weighted by molar-refractivity contribution is 5.86. The number of fused-ring (bicyclic) bond motifs is 2. The lowest BCUT2D eigenvalue weighted by Crippen LogP contribution is -1.96. The third-order valence-corrected chi connectivity index (χ3v) is 3.64. The van der Waals surface area contributed by atoms with E-state index < -0.39 is 4.92 Å². The zero-order valence-corrected chi connectivity index (χ0v) is 11.4. The summed E-state index contributed by atoms with van der Waals surface area (Å²) >= 11 is 0. The number of rotatable bonds is 2. The van der Waals surface area contributed by atoms with Crippen LogP contribution < -0.4 is 0 Å². The minimum absolute atomic E-state index is 0.0729. The van der Waals surface area contributed by atoms with E-state index in [-0.39, 0.29) is 5.69 Å². The molecule has 0 spiro atoms. The van der Waals surface area contributed by atoms with Gasteiger partial charge in [-0.2, -0.15) is 0 Å². The van der Waals surface area contributed by atoms with Crippen LogP contribution in [0.1, 0.15) is 0 Å². The lowest BCUT2D eigenvalue weighted by molar-refractivity contribution is -0.384. The zero-order chi connectivity index (χ0) is 15.1. The number of pyridine rings is 2. The van der Waals surface area contributed by atoms with Crippen molar-refractivity contribution in [2.45, 2.75) is 0 Å². The molecule has 0 fully saturated rings. The Bertz CT molecular complexity index is 1020. The SMILES string of the molecule is O=[N+]([O-])c1ccc2cnc(-n3ccc4ccncc43)cc2c1. The Morgan fingerprint density at radius 2 is 1.91 bits per heavy atom. The minimum atomic E-state index is -0.394. The number of benzene rings is 1. The Morgan fingerprint density at radius 1 is 1.00 bits per heavy atom. The van der Waals surface area contributed by atoms with Crippen LogP contribution in [-0.2, 0) is 0 Å². The number of hydrogen-bond donors (Lipinski definition) is 0. The predicted molar refractivity (Wildman–Crippen MR) is 83.0 cm³/mol. The van der Waals surface area contributed by atoms with E-state index in [1.165, 1.54) is 6.07 Å². The molecule has 0 amide bonds. The monoisotopic (exact) mass is 290 g/mol. The Kier molecular flexibility index (Phi) is 2.62. The number of aromatic nitrogens is 3. The molecule has 6 heteroatoms. The average molecular weight is 290 g/mol. The first-order chi connectivity index (χ1) is 10.7. The van der Waals surface area contributed by atoms with Gasteiger partial charge in [-0.3, -0.25) is 19.7 Å². The number of nitrogens with zero attached hydrogens (tertiary/aromatic N) is 4. The molecule has 3 heterocycles. The van der Waals surface area contributed by atoms with E-state index in [1.54, 1.807) is 30.7 Å². The van der Waals surface area contributed by atoms with Crippen LogP contribution in [0.25, 0.3) is 27.5 Å². The van der Waals surface area contributed by atoms with Crippen molar-refractivity contribution in [2.75, 3.05) is 0 Å². The molecule has 22 heavy (non-hydrogen) atoms. The van der Waals surface area contributed by atoms with Crippen molar-refractivity contribution in [1.82, 2.24) is 14.5 Å². The highest BCUT2D eigenvalue weighted by Crippen LogP contribution is 2.24. The molecule has 106 valence electrons. The minimum Gasteiger partial charge on any atom is -0.300 e. The molecular formula is C16H10N4O2. The number of nitro benzene ring substituents is 1. The van der Waals surface area contributed by atoms with Gasteiger partial charge in [0.05, 0.1) is 16.6 Å². The van der Waals surface area contributed by atoms with Gasteiger partial charge in [0.15, 0.2) is 0 Å². The molecule has 0 bridgehead atoms. The van der Waals surface area contributed by atoms with Crippen molar-refractivity contribution in [3.8, 4) is 5.82 Å². The van der Waals surface area contributed by atoms with Crippen LogP contribution in [0.3, 0.4) is 0 Å². The van der Waals surface area contributed by atoms with Crippen LogP contribution in [0, 0.1) is 10.1 Å². The summed E-state index contributed by atoms with van der Waals surface area (Å²) in [6.07, 6.45) is 7.15. The van der Waals surface area contributed by atoms with Crippen molar-refractivity contribution in [1.29, 1.82) is 0 Å². The molecule has 0 saturated heterocycles. The van der Waals surface area contributed by atoms with Crippen LogP contribution in [0.15, 0.2) is 61.2 Å². The third kappa shape index (κ3) is 1.89. The van der Waals surface area contributed by atoms with Gasteiger partial charge in [-0.1, -0.05) is 0 Å². The van der Waals surface area contributed by atoms with Crippen molar-refractivity contribution < 1.29 is 4.92 Å². The van der Waals surface area contributed by atoms with E-state index in [0.717, 1.165) is 21.7 Å². The first kappa shape index (κ1) is 12.5. The van der Waals surface area contributed by atoms with Crippen LogP contribution in [0.2, 0.25) is 0 Å². The van der Waals surface area contributed by atoms with Crippen molar-refractivity contribution in [3.05, 3.63) is 71.3 Å². The van der Waals surface area contributed by atoms with Gasteiger partial charge in [-0.15, -0.1) is 0 Å². The molecule has 0 atom stereocenters. The van der Waals surface area contributed by atoms with E-state index >= 15 is 0 Å². The second kappa shape index (κ2) is 4.63. The van der Waals surface area contributed by atoms with E-state index in [9.17, 15) is 10.1 Å². The fraction of sp³-hybridized carbons (Fsp3) is 0. The van der Waals surface area contributed by atoms with Gasteiger partial charge in [-0.25, -0.2) is 4.98 Å². The van der Waals surface area contributed by atoms with Gasteiger partial charge < -0.3 is 0 Å². The van der Waals surface area contributed by atoms with Gasteiger partial charge in [-0.05, 0) is 29.7 Å². The van der Waals surface area contributed by atoms with Crippen LogP contribution in [0.5, 0.6) is 0 Å². The van der Waals surface area contributed by atoms with Crippen molar-refractivity contribution in [3.63, 3.8) is 0 Å². The lowest BCUT2D eigenvalue weighted by atomic mass is 10.1. The molecule has 0 radical (unpaired) electrons. The molecule has 6 nitrogen and oxygen atoms in total. The van der Waals surface area contributed by atoms with E-state index in [2.05, 4.69) is 9.97 Å². The highest BCUT2D eigenvalue weighted by atomic mass is 16.6. The fourth-order valence-electron chi connectivity index (χ4n) is 2.54. The molecule has 4 aromatic rings. The van der Waals surface area contributed by atoms with E-state index in [4.69, 9.17) is 0 Å². The lowest BCUT2D eigenvalue weighted by Gasteiger charge is -2.06. The maximum absolute atomic E-state index is 10.9. The summed E-state index contributed by atoms with van der Waals surface area (Å²) in [6, 6.07) is 10.5. The summed E-state index contributed by atoms with van der Waals surface area (Å²) in [7, 11) is 0.